The van der Waals surface area contributed by atoms with Gasteiger partial charge >= 0.3 is 6.09 Å². The summed E-state index contributed by atoms with van der Waals surface area (Å²) in [4.78, 5) is 41.7. The monoisotopic (exact) mass is 525 g/mol. The predicted octanol–water partition coefficient (Wildman–Crippen LogP) is 5.03. The third-order valence-corrected chi connectivity index (χ3v) is 5.91. The van der Waals surface area contributed by atoms with Crippen LogP contribution in [0.15, 0.2) is 61.2 Å². The summed E-state index contributed by atoms with van der Waals surface area (Å²) in [5.74, 6) is -0.870. The molecule has 0 saturated heterocycles. The molecule has 2 aromatic rings. The number of carbonyl (C=O) groups is 3. The molecular formula is C29H39N3O6. The minimum atomic E-state index is -1.23. The number of phenolic OH excluding ortho intramolecular Hbond substituents is 1. The van der Waals surface area contributed by atoms with Gasteiger partial charge in [-0.05, 0) is 57.0 Å². The molecule has 0 aliphatic rings. The van der Waals surface area contributed by atoms with Crippen molar-refractivity contribution in [1.29, 1.82) is 0 Å². The van der Waals surface area contributed by atoms with Crippen LogP contribution in [0.5, 0.6) is 11.5 Å². The summed E-state index contributed by atoms with van der Waals surface area (Å²) < 4.78 is 10.6. The zero-order valence-corrected chi connectivity index (χ0v) is 23.0. The molecule has 206 valence electrons. The lowest BCUT2D eigenvalue weighted by atomic mass is 9.95. The zero-order valence-electron chi connectivity index (χ0n) is 23.0. The molecule has 3 atom stereocenters. The number of hydrogen-bond donors (Lipinski definition) is 3. The summed E-state index contributed by atoms with van der Waals surface area (Å²) in [7, 11) is 1.54. The van der Waals surface area contributed by atoms with Crippen LogP contribution in [0.25, 0.3) is 0 Å². The van der Waals surface area contributed by atoms with Gasteiger partial charge < -0.3 is 30.1 Å². The van der Waals surface area contributed by atoms with Crippen molar-refractivity contribution >= 4 is 23.6 Å². The average molecular weight is 526 g/mol. The van der Waals surface area contributed by atoms with Gasteiger partial charge in [0.05, 0.1) is 7.11 Å². The van der Waals surface area contributed by atoms with E-state index >= 15 is 0 Å². The number of anilines is 1. The van der Waals surface area contributed by atoms with E-state index in [1.807, 2.05) is 13.8 Å². The summed E-state index contributed by atoms with van der Waals surface area (Å²) in [5, 5.41) is 16.2. The van der Waals surface area contributed by atoms with Crippen LogP contribution in [-0.4, -0.2) is 53.2 Å². The maximum Gasteiger partial charge on any atom is 0.408 e. The first-order chi connectivity index (χ1) is 17.9. The van der Waals surface area contributed by atoms with Gasteiger partial charge in [-0.2, -0.15) is 0 Å². The number of hydrogen-bond acceptors (Lipinski definition) is 6. The number of methoxy groups -OCH3 is 1. The Balaban J connectivity index is 2.52. The maximum atomic E-state index is 14.0. The lowest BCUT2D eigenvalue weighted by Gasteiger charge is -2.35. The number of alkyl carbamates (subject to hydrolysis) is 1. The Bertz CT molecular complexity index is 1110. The highest BCUT2D eigenvalue weighted by Gasteiger charge is 2.38. The van der Waals surface area contributed by atoms with Gasteiger partial charge in [0, 0.05) is 17.8 Å². The standard InChI is InChI=1S/C29H39N3O6/c1-8-18-32(27(35)24(19(3)9-2)31-28(36)38-29(4,5)6)25(22-12-10-11-13-23(22)33)26(34)30-20-14-16-21(37-7)17-15-20/h8,10-17,19,24-25,33H,1,9,18H2,2-7H3,(H,30,34)(H,31,36). The molecule has 9 heteroatoms. The van der Waals surface area contributed by atoms with Gasteiger partial charge in [0.25, 0.3) is 5.91 Å². The Hall–Kier alpha value is -4.01. The van der Waals surface area contributed by atoms with Crippen LogP contribution in [0, 0.1) is 5.92 Å². The van der Waals surface area contributed by atoms with Crippen molar-refractivity contribution in [2.24, 2.45) is 5.92 Å². The summed E-state index contributed by atoms with van der Waals surface area (Å²) in [6, 6.07) is 10.8. The highest BCUT2D eigenvalue weighted by atomic mass is 16.6. The van der Waals surface area contributed by atoms with Crippen LogP contribution in [0.4, 0.5) is 10.5 Å². The molecule has 0 spiro atoms. The molecule has 3 unspecified atom stereocenters. The van der Waals surface area contributed by atoms with E-state index in [1.54, 1.807) is 70.3 Å². The predicted molar refractivity (Wildman–Crippen MR) is 147 cm³/mol. The van der Waals surface area contributed by atoms with E-state index in [0.717, 1.165) is 0 Å². The molecule has 2 aromatic carbocycles. The molecule has 3 N–H and O–H groups in total. The molecule has 38 heavy (non-hydrogen) atoms. The summed E-state index contributed by atoms with van der Waals surface area (Å²) in [6.07, 6.45) is 1.33. The summed E-state index contributed by atoms with van der Waals surface area (Å²) >= 11 is 0. The van der Waals surface area contributed by atoms with Crippen LogP contribution >= 0.6 is 0 Å². The lowest BCUT2D eigenvalue weighted by Crippen LogP contribution is -2.54. The van der Waals surface area contributed by atoms with Crippen molar-refractivity contribution in [3.05, 3.63) is 66.7 Å². The van der Waals surface area contributed by atoms with Gasteiger partial charge in [0.15, 0.2) is 0 Å². The zero-order chi connectivity index (χ0) is 28.5. The quantitative estimate of drug-likeness (QED) is 0.354. The second-order valence-electron chi connectivity index (χ2n) is 9.97. The van der Waals surface area contributed by atoms with Gasteiger partial charge in [-0.3, -0.25) is 9.59 Å². The number of para-hydroxylation sites is 1. The highest BCUT2D eigenvalue weighted by molar-refractivity contribution is 5.99. The molecule has 0 fully saturated rings. The summed E-state index contributed by atoms with van der Waals surface area (Å²) in [5.41, 5.74) is -0.0497. The lowest BCUT2D eigenvalue weighted by molar-refractivity contribution is -0.141. The number of carbonyl (C=O) groups excluding carboxylic acids is 3. The minimum absolute atomic E-state index is 0.0171. The van der Waals surface area contributed by atoms with Crippen molar-refractivity contribution < 1.29 is 29.0 Å². The molecular weight excluding hydrogens is 486 g/mol. The van der Waals surface area contributed by atoms with Gasteiger partial charge in [0.1, 0.15) is 29.2 Å². The minimum Gasteiger partial charge on any atom is -0.508 e. The number of phenols is 1. The topological polar surface area (TPSA) is 117 Å². The Kier molecular flexibility index (Phi) is 10.7. The van der Waals surface area contributed by atoms with Crippen molar-refractivity contribution in [3.63, 3.8) is 0 Å². The van der Waals surface area contributed by atoms with Crippen molar-refractivity contribution in [1.82, 2.24) is 10.2 Å². The van der Waals surface area contributed by atoms with Crippen molar-refractivity contribution in [2.45, 2.75) is 58.7 Å². The van der Waals surface area contributed by atoms with Crippen molar-refractivity contribution in [2.75, 3.05) is 19.0 Å². The van der Waals surface area contributed by atoms with Gasteiger partial charge in [-0.1, -0.05) is 44.5 Å². The molecule has 3 amide bonds. The Morgan fingerprint density at radius 3 is 2.26 bits per heavy atom. The van der Waals surface area contributed by atoms with Crippen LogP contribution in [0.2, 0.25) is 0 Å². The Morgan fingerprint density at radius 2 is 1.74 bits per heavy atom. The SMILES string of the molecule is C=CCN(C(=O)C(NC(=O)OC(C)(C)C)C(C)CC)C(C(=O)Nc1ccc(OC)cc1)c1ccccc1O. The third-order valence-electron chi connectivity index (χ3n) is 5.91. The molecule has 9 nitrogen and oxygen atoms in total. The van der Waals surface area contributed by atoms with Gasteiger partial charge in [-0.15, -0.1) is 6.58 Å². The maximum absolute atomic E-state index is 14.0. The van der Waals surface area contributed by atoms with Crippen LogP contribution in [0.3, 0.4) is 0 Å². The fraction of sp³-hybridized carbons (Fsp3) is 0.414. The number of nitrogens with one attached hydrogen (secondary N) is 2. The number of ether oxygens (including phenoxy) is 2. The first-order valence-electron chi connectivity index (χ1n) is 12.6. The first-order valence-corrected chi connectivity index (χ1v) is 12.6. The molecule has 0 radical (unpaired) electrons. The summed E-state index contributed by atoms with van der Waals surface area (Å²) in [6.45, 7) is 12.7. The third kappa shape index (κ3) is 8.26. The van der Waals surface area contributed by atoms with Crippen LogP contribution < -0.4 is 15.4 Å². The largest absolute Gasteiger partial charge is 0.508 e. The molecule has 0 bridgehead atoms. The number of rotatable bonds is 11. The smallest absolute Gasteiger partial charge is 0.408 e. The van der Waals surface area contributed by atoms with Gasteiger partial charge in [-0.25, -0.2) is 4.79 Å². The van der Waals surface area contributed by atoms with E-state index in [1.165, 1.54) is 17.0 Å². The first kappa shape index (κ1) is 30.2. The van der Waals surface area contributed by atoms with Crippen LogP contribution in [0.1, 0.15) is 52.6 Å². The molecule has 0 aliphatic carbocycles. The molecule has 2 rings (SSSR count). The fourth-order valence-corrected chi connectivity index (χ4v) is 3.81. The second-order valence-corrected chi connectivity index (χ2v) is 9.97. The number of nitrogens with zero attached hydrogens (tertiary/aromatic N) is 1. The number of amides is 3. The van der Waals surface area contributed by atoms with E-state index in [-0.39, 0.29) is 23.8 Å². The van der Waals surface area contributed by atoms with Gasteiger partial charge in [0.2, 0.25) is 5.91 Å². The number of benzene rings is 2. The number of aromatic hydroxyl groups is 1. The molecule has 0 aromatic heterocycles. The fourth-order valence-electron chi connectivity index (χ4n) is 3.81. The Labute approximate surface area is 224 Å². The molecule has 0 saturated carbocycles. The molecule has 0 heterocycles. The van der Waals surface area contributed by atoms with E-state index in [0.29, 0.717) is 17.9 Å². The van der Waals surface area contributed by atoms with Crippen LogP contribution in [-0.2, 0) is 14.3 Å². The van der Waals surface area contributed by atoms with Crippen molar-refractivity contribution in [3.8, 4) is 11.5 Å². The van der Waals surface area contributed by atoms with E-state index < -0.39 is 35.6 Å². The van der Waals surface area contributed by atoms with E-state index in [4.69, 9.17) is 9.47 Å². The highest BCUT2D eigenvalue weighted by Crippen LogP contribution is 2.31. The average Bonchev–Trinajstić information content (AvgIpc) is 2.86. The van der Waals surface area contributed by atoms with E-state index in [2.05, 4.69) is 17.2 Å². The second kappa shape index (κ2) is 13.5. The molecule has 0 aliphatic heterocycles. The Morgan fingerprint density at radius 1 is 1.11 bits per heavy atom. The normalized spacial score (nSPS) is 13.4. The van der Waals surface area contributed by atoms with E-state index in [9.17, 15) is 19.5 Å².